The van der Waals surface area contributed by atoms with Crippen molar-refractivity contribution in [1.82, 2.24) is 9.97 Å². The van der Waals surface area contributed by atoms with E-state index in [0.29, 0.717) is 0 Å². The number of aromatic nitrogens is 2. The summed E-state index contributed by atoms with van der Waals surface area (Å²) in [4.78, 5) is 8.85. The fraction of sp³-hybridized carbons (Fsp3) is 0.111. The summed E-state index contributed by atoms with van der Waals surface area (Å²) in [5, 5.41) is 2.30. The van der Waals surface area contributed by atoms with E-state index in [1.807, 2.05) is 72.9 Å². The smallest absolute Gasteiger partial charge is 0.0198 e. The topological polar surface area (TPSA) is 25.8 Å². The van der Waals surface area contributed by atoms with Gasteiger partial charge in [0.15, 0.2) is 0 Å². The van der Waals surface area contributed by atoms with Crippen LogP contribution in [0, 0.1) is 24.3 Å². The molecule has 41 heavy (non-hydrogen) atoms. The molecule has 0 aliphatic heterocycles. The van der Waals surface area contributed by atoms with Crippen LogP contribution in [0.5, 0.6) is 0 Å². The van der Waals surface area contributed by atoms with Crippen molar-refractivity contribution in [1.29, 1.82) is 0 Å². The molecule has 2 nitrogen and oxygen atoms in total. The van der Waals surface area contributed by atoms with Gasteiger partial charge < -0.3 is 16.0 Å². The van der Waals surface area contributed by atoms with E-state index in [0.717, 1.165) is 39.0 Å². The molecule has 6 rings (SSSR count). The van der Waals surface area contributed by atoms with Gasteiger partial charge in [0.05, 0.1) is 0 Å². The molecule has 2 heterocycles. The second-order valence-corrected chi connectivity index (χ2v) is 10.0. The maximum atomic E-state index is 4.48. The van der Waals surface area contributed by atoms with E-state index in [1.165, 1.54) is 10.9 Å². The van der Waals surface area contributed by atoms with Gasteiger partial charge in [-0.15, -0.1) is 71.6 Å². The van der Waals surface area contributed by atoms with Crippen LogP contribution in [0.25, 0.3) is 44.4 Å². The molecule has 0 saturated carbocycles. The van der Waals surface area contributed by atoms with E-state index in [9.17, 15) is 0 Å². The first-order chi connectivity index (χ1) is 18.5. The summed E-state index contributed by atoms with van der Waals surface area (Å²) in [6.07, 6.45) is 3.74. The quantitative estimate of drug-likeness (QED) is 0.133. The van der Waals surface area contributed by atoms with Gasteiger partial charge in [-0.1, -0.05) is 68.2 Å². The number of hydrogen-bond acceptors (Lipinski definition) is 2. The zero-order chi connectivity index (χ0) is 26.4. The Morgan fingerprint density at radius 2 is 1.37 bits per heavy atom. The first-order valence-corrected chi connectivity index (χ1v) is 12.7. The fourth-order valence-corrected chi connectivity index (χ4v) is 4.05. The maximum absolute atomic E-state index is 4.48. The van der Waals surface area contributed by atoms with Gasteiger partial charge in [-0.2, -0.15) is 5.56 Å². The van der Waals surface area contributed by atoms with Crippen molar-refractivity contribution in [2.45, 2.75) is 26.2 Å². The van der Waals surface area contributed by atoms with Crippen molar-refractivity contribution >= 4 is 19.2 Å². The minimum Gasteiger partial charge on any atom is -0.352 e. The molecule has 0 aliphatic carbocycles. The molecule has 201 valence electrons. The Balaban J connectivity index is 0.000000279. The Morgan fingerprint density at radius 3 is 2.05 bits per heavy atom. The minimum atomic E-state index is 0. The van der Waals surface area contributed by atoms with Crippen molar-refractivity contribution in [3.05, 3.63) is 145 Å². The minimum absolute atomic E-state index is 0. The van der Waals surface area contributed by atoms with Crippen molar-refractivity contribution in [2.24, 2.45) is 0 Å². The van der Waals surface area contributed by atoms with Crippen LogP contribution in [0.2, 0.25) is 0 Å². The van der Waals surface area contributed by atoms with Crippen LogP contribution in [0.4, 0.5) is 0 Å². The molecular formula is C36H28BIrN2Y-4. The van der Waals surface area contributed by atoms with Crippen LogP contribution in [0.15, 0.2) is 116 Å². The monoisotopic (exact) mass is 781 g/mol. The molecule has 5 radical (unpaired) electrons. The number of pyridine rings is 2. The number of nitrogens with zero attached hydrogens (tertiary/aromatic N) is 2. The van der Waals surface area contributed by atoms with Gasteiger partial charge in [0.1, 0.15) is 0 Å². The summed E-state index contributed by atoms with van der Waals surface area (Å²) in [6.45, 7) is 6.58. The van der Waals surface area contributed by atoms with Crippen molar-refractivity contribution in [3.63, 3.8) is 0 Å². The third-order valence-corrected chi connectivity index (χ3v) is 6.22. The Hall–Kier alpha value is -2.74. The van der Waals surface area contributed by atoms with Gasteiger partial charge in [0.25, 0.3) is 0 Å². The van der Waals surface area contributed by atoms with Gasteiger partial charge in [0, 0.05) is 73.6 Å². The first-order valence-electron chi connectivity index (χ1n) is 12.7. The van der Waals surface area contributed by atoms with Crippen LogP contribution < -0.4 is 0 Å². The van der Waals surface area contributed by atoms with E-state index in [-0.39, 0.29) is 66.6 Å². The zero-order valence-electron chi connectivity index (χ0n) is 23.4. The Labute approximate surface area is 284 Å². The molecule has 0 amide bonds. The third kappa shape index (κ3) is 9.12. The summed E-state index contributed by atoms with van der Waals surface area (Å²) in [5.41, 5.74) is 7.23. The average Bonchev–Trinajstić information content (AvgIpc) is 2.98. The van der Waals surface area contributed by atoms with Gasteiger partial charge in [-0.3, -0.25) is 23.3 Å². The van der Waals surface area contributed by atoms with Crippen molar-refractivity contribution in [2.75, 3.05) is 0 Å². The molecule has 0 fully saturated rings. The zero-order valence-corrected chi connectivity index (χ0v) is 28.6. The van der Waals surface area contributed by atoms with Crippen LogP contribution in [0.3, 0.4) is 0 Å². The van der Waals surface area contributed by atoms with Gasteiger partial charge in [-0.25, -0.2) is 6.07 Å². The van der Waals surface area contributed by atoms with Crippen LogP contribution >= 0.6 is 0 Å². The van der Waals surface area contributed by atoms with Gasteiger partial charge in [-0.05, 0) is 22.7 Å². The molecule has 0 saturated heterocycles. The molecule has 0 unspecified atom stereocenters. The standard InChI is InChI=1S/C21H12N.C15H16N.B.Ir.Y/c1-2-7-17-14-19(12-11-16(17)6-1)18-8-5-9-20(15-18)21-10-3-4-13-22-21;1-15(2,3)13-9-10-14(16-11-13)12-7-5-4-6-8-12;;;/h1-8,10-13H;4-7,9-11H,1-3H3;;;/q-3;-1;;;. The van der Waals surface area contributed by atoms with Crippen molar-refractivity contribution < 1.29 is 52.8 Å². The van der Waals surface area contributed by atoms with Crippen LogP contribution in [0.1, 0.15) is 26.3 Å². The number of hydrogen-bond donors (Lipinski definition) is 0. The summed E-state index contributed by atoms with van der Waals surface area (Å²) in [7, 11) is 0. The molecule has 0 N–H and O–H groups in total. The molecule has 4 aromatic carbocycles. The summed E-state index contributed by atoms with van der Waals surface area (Å²) < 4.78 is 0. The van der Waals surface area contributed by atoms with E-state index < -0.39 is 0 Å². The van der Waals surface area contributed by atoms with E-state index in [2.05, 4.69) is 91.4 Å². The van der Waals surface area contributed by atoms with E-state index in [1.54, 1.807) is 6.20 Å². The summed E-state index contributed by atoms with van der Waals surface area (Å²) in [5.74, 6) is 0. The maximum Gasteiger partial charge on any atom is 0.0198 e. The number of fused-ring (bicyclic) bond motifs is 1. The molecule has 0 bridgehead atoms. The largest absolute Gasteiger partial charge is 0.352 e. The molecule has 0 atom stereocenters. The molecule has 5 heteroatoms. The summed E-state index contributed by atoms with van der Waals surface area (Å²) >= 11 is 0. The van der Waals surface area contributed by atoms with Gasteiger partial charge in [0.2, 0.25) is 0 Å². The van der Waals surface area contributed by atoms with Crippen molar-refractivity contribution in [3.8, 4) is 33.6 Å². The fourth-order valence-electron chi connectivity index (χ4n) is 4.05. The van der Waals surface area contributed by atoms with E-state index in [4.69, 9.17) is 0 Å². The Bertz CT molecular complexity index is 1630. The SMILES string of the molecule is CC(C)(C)c1ccc(-c2[c-]cccc2)nc1.[B].[Ir].[Y].[c-]1ccc(-c2[c-]c3ccccc3cc2)[c-]c1-c1ccccn1. The Kier molecular flexibility index (Phi) is 13.5. The molecule has 6 aromatic rings. The predicted molar refractivity (Wildman–Crippen MR) is 162 cm³/mol. The summed E-state index contributed by atoms with van der Waals surface area (Å²) in [6, 6.07) is 47.6. The molecule has 2 aromatic heterocycles. The molecule has 0 aliphatic rings. The molecular weight excluding hydrogens is 752 g/mol. The van der Waals surface area contributed by atoms with Crippen LogP contribution in [-0.2, 0) is 58.2 Å². The average molecular weight is 781 g/mol. The van der Waals surface area contributed by atoms with E-state index >= 15 is 0 Å². The second-order valence-electron chi connectivity index (χ2n) is 10.0. The number of benzene rings is 4. The van der Waals surface area contributed by atoms with Crippen LogP contribution in [-0.4, -0.2) is 18.4 Å². The normalized spacial score (nSPS) is 10.2. The Morgan fingerprint density at radius 1 is 0.610 bits per heavy atom. The molecule has 0 spiro atoms. The van der Waals surface area contributed by atoms with Gasteiger partial charge >= 0.3 is 0 Å². The third-order valence-electron chi connectivity index (χ3n) is 6.22. The predicted octanol–water partition coefficient (Wildman–Crippen LogP) is 8.43. The second kappa shape index (κ2) is 16.0. The first kappa shape index (κ1) is 34.5. The number of rotatable bonds is 3.